The lowest BCUT2D eigenvalue weighted by Gasteiger charge is -2.22. The van der Waals surface area contributed by atoms with Crippen LogP contribution < -0.4 is 10.2 Å². The second-order valence-electron chi connectivity index (χ2n) is 5.75. The van der Waals surface area contributed by atoms with Crippen molar-refractivity contribution in [2.24, 2.45) is 5.92 Å². The van der Waals surface area contributed by atoms with Gasteiger partial charge in [-0.2, -0.15) is 0 Å². The van der Waals surface area contributed by atoms with Crippen molar-refractivity contribution in [1.82, 2.24) is 4.98 Å². The minimum absolute atomic E-state index is 0.112. The Balaban J connectivity index is 1.76. The van der Waals surface area contributed by atoms with E-state index < -0.39 is 0 Å². The summed E-state index contributed by atoms with van der Waals surface area (Å²) >= 11 is 0. The van der Waals surface area contributed by atoms with Gasteiger partial charge in [0.05, 0.1) is 11.9 Å². The van der Waals surface area contributed by atoms with Crippen LogP contribution in [0.3, 0.4) is 0 Å². The third-order valence-corrected chi connectivity index (χ3v) is 3.87. The first-order valence-corrected chi connectivity index (χ1v) is 7.78. The molecule has 1 N–H and O–H groups in total. The maximum absolute atomic E-state index is 11.8. The number of hydrogen-bond donors (Lipinski definition) is 1. The fraction of sp³-hybridized carbons (Fsp3) is 0.333. The van der Waals surface area contributed by atoms with E-state index >= 15 is 0 Å². The van der Waals surface area contributed by atoms with Gasteiger partial charge in [-0.05, 0) is 56.5 Å². The summed E-state index contributed by atoms with van der Waals surface area (Å²) in [5.74, 6) is 1.21. The lowest BCUT2D eigenvalue weighted by Crippen LogP contribution is -2.18. The van der Waals surface area contributed by atoms with Gasteiger partial charge in [0.15, 0.2) is 0 Å². The predicted molar refractivity (Wildman–Crippen MR) is 89.4 cm³/mol. The first-order valence-electron chi connectivity index (χ1n) is 7.78. The van der Waals surface area contributed by atoms with Gasteiger partial charge in [-0.1, -0.05) is 12.1 Å². The van der Waals surface area contributed by atoms with Crippen molar-refractivity contribution in [1.29, 1.82) is 0 Å². The van der Waals surface area contributed by atoms with Gasteiger partial charge in [-0.25, -0.2) is 4.98 Å². The number of aryl methyl sites for hydroxylation is 1. The van der Waals surface area contributed by atoms with Crippen molar-refractivity contribution in [3.05, 3.63) is 48.2 Å². The summed E-state index contributed by atoms with van der Waals surface area (Å²) in [6.45, 7) is 5.03. The Morgan fingerprint density at radius 3 is 2.73 bits per heavy atom. The van der Waals surface area contributed by atoms with Gasteiger partial charge in [0.2, 0.25) is 5.91 Å². The smallest absolute Gasteiger partial charge is 0.227 e. The first-order chi connectivity index (χ1) is 10.7. The Labute approximate surface area is 131 Å². The average Bonchev–Trinajstić information content (AvgIpc) is 3.35. The highest BCUT2D eigenvalue weighted by Gasteiger charge is 2.29. The SMILES string of the molecule is CCN(c1cccc(C)c1)c1ccc(NC(=O)C2CC2)cn1. The van der Waals surface area contributed by atoms with Crippen LogP contribution >= 0.6 is 0 Å². The molecule has 2 aromatic rings. The highest BCUT2D eigenvalue weighted by atomic mass is 16.2. The molecule has 1 amide bonds. The van der Waals surface area contributed by atoms with E-state index in [1.807, 2.05) is 12.1 Å². The summed E-state index contributed by atoms with van der Waals surface area (Å²) in [5.41, 5.74) is 3.12. The highest BCUT2D eigenvalue weighted by Crippen LogP contribution is 2.30. The van der Waals surface area contributed by atoms with Crippen molar-refractivity contribution in [2.45, 2.75) is 26.7 Å². The molecule has 0 unspecified atom stereocenters. The summed E-state index contributed by atoms with van der Waals surface area (Å²) in [6.07, 6.45) is 3.75. The first kappa shape index (κ1) is 14.6. The van der Waals surface area contributed by atoms with Gasteiger partial charge in [0.25, 0.3) is 0 Å². The van der Waals surface area contributed by atoms with Gasteiger partial charge in [0.1, 0.15) is 5.82 Å². The standard InChI is InChI=1S/C18H21N3O/c1-3-21(16-6-4-5-13(2)11-16)17-10-9-15(12-19-17)20-18(22)14-7-8-14/h4-6,9-12,14H,3,7-8H2,1-2H3,(H,20,22). The molecule has 1 aromatic heterocycles. The summed E-state index contributed by atoms with van der Waals surface area (Å²) in [5, 5.41) is 2.92. The zero-order chi connectivity index (χ0) is 15.5. The van der Waals surface area contributed by atoms with Crippen molar-refractivity contribution in [3.8, 4) is 0 Å². The molecule has 1 aliphatic carbocycles. The lowest BCUT2D eigenvalue weighted by molar-refractivity contribution is -0.117. The molecule has 0 radical (unpaired) electrons. The van der Waals surface area contributed by atoms with Crippen molar-refractivity contribution < 1.29 is 4.79 Å². The zero-order valence-electron chi connectivity index (χ0n) is 13.0. The fourth-order valence-electron chi connectivity index (χ4n) is 2.48. The van der Waals surface area contributed by atoms with Gasteiger partial charge in [0, 0.05) is 18.2 Å². The van der Waals surface area contributed by atoms with E-state index in [1.54, 1.807) is 6.20 Å². The monoisotopic (exact) mass is 295 g/mol. The van der Waals surface area contributed by atoms with Gasteiger partial charge < -0.3 is 10.2 Å². The molecule has 1 aromatic carbocycles. The third-order valence-electron chi connectivity index (χ3n) is 3.87. The van der Waals surface area contributed by atoms with E-state index in [1.165, 1.54) is 5.56 Å². The minimum atomic E-state index is 0.112. The molecule has 1 aliphatic rings. The molecule has 0 aliphatic heterocycles. The third kappa shape index (κ3) is 3.27. The number of nitrogens with zero attached hydrogens (tertiary/aromatic N) is 2. The maximum Gasteiger partial charge on any atom is 0.227 e. The second kappa shape index (κ2) is 6.18. The molecule has 1 heterocycles. The normalized spacial score (nSPS) is 13.7. The molecule has 3 rings (SSSR count). The van der Waals surface area contributed by atoms with E-state index in [9.17, 15) is 4.79 Å². The number of amides is 1. The predicted octanol–water partition coefficient (Wildman–Crippen LogP) is 3.90. The summed E-state index contributed by atoms with van der Waals surface area (Å²) in [7, 11) is 0. The Morgan fingerprint density at radius 1 is 1.32 bits per heavy atom. The highest BCUT2D eigenvalue weighted by molar-refractivity contribution is 5.93. The van der Waals surface area contributed by atoms with E-state index in [-0.39, 0.29) is 11.8 Å². The molecular formula is C18H21N3O. The van der Waals surface area contributed by atoms with Crippen LogP contribution in [0.2, 0.25) is 0 Å². The molecule has 0 atom stereocenters. The van der Waals surface area contributed by atoms with Crippen LogP contribution in [-0.2, 0) is 4.79 Å². The number of nitrogens with one attached hydrogen (secondary N) is 1. The molecule has 1 saturated carbocycles. The number of rotatable bonds is 5. The number of aromatic nitrogens is 1. The van der Waals surface area contributed by atoms with Crippen LogP contribution in [0.4, 0.5) is 17.2 Å². The molecule has 0 saturated heterocycles. The fourth-order valence-corrected chi connectivity index (χ4v) is 2.48. The van der Waals surface area contributed by atoms with Gasteiger partial charge in [-0.3, -0.25) is 4.79 Å². The Bertz CT molecular complexity index is 662. The maximum atomic E-state index is 11.8. The number of carbonyl (C=O) groups is 1. The van der Waals surface area contributed by atoms with E-state index in [0.717, 1.165) is 36.6 Å². The van der Waals surface area contributed by atoms with Crippen molar-refractivity contribution in [3.63, 3.8) is 0 Å². The van der Waals surface area contributed by atoms with Crippen LogP contribution in [0.25, 0.3) is 0 Å². The zero-order valence-corrected chi connectivity index (χ0v) is 13.0. The van der Waals surface area contributed by atoms with E-state index in [4.69, 9.17) is 0 Å². The number of anilines is 3. The van der Waals surface area contributed by atoms with Crippen LogP contribution in [0.15, 0.2) is 42.6 Å². The topological polar surface area (TPSA) is 45.2 Å². The second-order valence-corrected chi connectivity index (χ2v) is 5.75. The van der Waals surface area contributed by atoms with Gasteiger partial charge >= 0.3 is 0 Å². The number of benzene rings is 1. The van der Waals surface area contributed by atoms with E-state index in [2.05, 4.69) is 53.3 Å². The van der Waals surface area contributed by atoms with Crippen molar-refractivity contribution >= 4 is 23.1 Å². The quantitative estimate of drug-likeness (QED) is 0.910. The summed E-state index contributed by atoms with van der Waals surface area (Å²) in [6, 6.07) is 12.2. The Kier molecular flexibility index (Phi) is 4.09. The number of carbonyl (C=O) groups excluding carboxylic acids is 1. The molecule has 0 spiro atoms. The average molecular weight is 295 g/mol. The summed E-state index contributed by atoms with van der Waals surface area (Å²) in [4.78, 5) is 18.4. The molecule has 4 nitrogen and oxygen atoms in total. The molecule has 1 fully saturated rings. The Morgan fingerprint density at radius 2 is 2.14 bits per heavy atom. The number of hydrogen-bond acceptors (Lipinski definition) is 3. The molecule has 0 bridgehead atoms. The minimum Gasteiger partial charge on any atom is -0.327 e. The van der Waals surface area contributed by atoms with Crippen LogP contribution in [0, 0.1) is 12.8 Å². The Hall–Kier alpha value is -2.36. The van der Waals surface area contributed by atoms with E-state index in [0.29, 0.717) is 0 Å². The lowest BCUT2D eigenvalue weighted by atomic mass is 10.2. The van der Waals surface area contributed by atoms with Crippen molar-refractivity contribution in [2.75, 3.05) is 16.8 Å². The largest absolute Gasteiger partial charge is 0.327 e. The van der Waals surface area contributed by atoms with Gasteiger partial charge in [-0.15, -0.1) is 0 Å². The molecular weight excluding hydrogens is 274 g/mol. The van der Waals surface area contributed by atoms with Crippen LogP contribution in [0.1, 0.15) is 25.3 Å². The summed E-state index contributed by atoms with van der Waals surface area (Å²) < 4.78 is 0. The van der Waals surface area contributed by atoms with Crippen LogP contribution in [-0.4, -0.2) is 17.4 Å². The molecule has 4 heteroatoms. The molecule has 22 heavy (non-hydrogen) atoms. The molecule has 114 valence electrons. The number of pyridine rings is 1. The van der Waals surface area contributed by atoms with Crippen LogP contribution in [0.5, 0.6) is 0 Å².